The topological polar surface area (TPSA) is 65.4 Å². The van der Waals surface area contributed by atoms with Crippen molar-refractivity contribution in [2.45, 2.75) is 45.6 Å². The van der Waals surface area contributed by atoms with Gasteiger partial charge in [-0.3, -0.25) is 4.99 Å². The van der Waals surface area contributed by atoms with Crippen LogP contribution in [0.15, 0.2) is 28.7 Å². The minimum absolute atomic E-state index is 0.234. The van der Waals surface area contributed by atoms with Crippen LogP contribution < -0.4 is 15.5 Å². The van der Waals surface area contributed by atoms with Crippen LogP contribution in [0.4, 0.5) is 10.2 Å². The van der Waals surface area contributed by atoms with E-state index in [1.165, 1.54) is 11.1 Å². The van der Waals surface area contributed by atoms with Crippen LogP contribution in [0.3, 0.4) is 0 Å². The fourth-order valence-corrected chi connectivity index (χ4v) is 4.11. The Hall–Kier alpha value is -2.22. The number of halogens is 1. The van der Waals surface area contributed by atoms with E-state index in [0.29, 0.717) is 5.82 Å². The molecule has 0 saturated carbocycles. The van der Waals surface area contributed by atoms with Crippen molar-refractivity contribution in [2.75, 3.05) is 31.1 Å². The van der Waals surface area contributed by atoms with Crippen molar-refractivity contribution in [2.24, 2.45) is 4.99 Å². The third-order valence-corrected chi connectivity index (χ3v) is 5.67. The van der Waals surface area contributed by atoms with E-state index in [2.05, 4.69) is 32.9 Å². The lowest BCUT2D eigenvalue weighted by Gasteiger charge is -2.19. The fourth-order valence-electron chi connectivity index (χ4n) is 3.29. The lowest BCUT2D eigenvalue weighted by molar-refractivity contribution is 0.612. The zero-order valence-electron chi connectivity index (χ0n) is 16.6. The van der Waals surface area contributed by atoms with E-state index in [1.54, 1.807) is 23.6 Å². The molecule has 8 heteroatoms. The predicted molar refractivity (Wildman–Crippen MR) is 114 cm³/mol. The number of rotatable bonds is 8. The molecule has 0 amide bonds. The van der Waals surface area contributed by atoms with Gasteiger partial charge >= 0.3 is 0 Å². The van der Waals surface area contributed by atoms with Gasteiger partial charge in [0.05, 0.1) is 5.01 Å². The van der Waals surface area contributed by atoms with Gasteiger partial charge in [0, 0.05) is 49.5 Å². The summed E-state index contributed by atoms with van der Waals surface area (Å²) >= 11 is 1.73. The fraction of sp³-hybridized carbons (Fsp3) is 0.550. The minimum Gasteiger partial charge on any atom is -0.357 e. The first-order valence-corrected chi connectivity index (χ1v) is 10.8. The molecule has 28 heavy (non-hydrogen) atoms. The van der Waals surface area contributed by atoms with Crippen LogP contribution in [0.25, 0.3) is 0 Å². The lowest BCUT2D eigenvalue weighted by atomic mass is 10.2. The second-order valence-electron chi connectivity index (χ2n) is 6.99. The van der Waals surface area contributed by atoms with E-state index >= 15 is 0 Å². The molecule has 1 fully saturated rings. The highest BCUT2D eigenvalue weighted by molar-refractivity contribution is 7.09. The molecular weight excluding hydrogens is 375 g/mol. The number of guanidine groups is 1. The SMILES string of the molecule is CCNC(=NCCCCc1nc(C)cs1)NC1CCN(c2ncccc2F)C1. The van der Waals surface area contributed by atoms with E-state index in [-0.39, 0.29) is 11.9 Å². The highest BCUT2D eigenvalue weighted by Crippen LogP contribution is 2.20. The number of pyridine rings is 1. The summed E-state index contributed by atoms with van der Waals surface area (Å²) in [6.45, 7) is 7.21. The number of nitrogens with one attached hydrogen (secondary N) is 2. The van der Waals surface area contributed by atoms with Crippen LogP contribution in [0.1, 0.15) is 36.9 Å². The Kier molecular flexibility index (Phi) is 7.59. The Morgan fingerprint density at radius 3 is 3.07 bits per heavy atom. The number of aryl methyl sites for hydroxylation is 2. The molecule has 1 aliphatic rings. The summed E-state index contributed by atoms with van der Waals surface area (Å²) in [7, 11) is 0. The van der Waals surface area contributed by atoms with Crippen molar-refractivity contribution in [3.05, 3.63) is 40.2 Å². The molecule has 2 aromatic rings. The largest absolute Gasteiger partial charge is 0.357 e. The van der Waals surface area contributed by atoms with Gasteiger partial charge in [0.2, 0.25) is 0 Å². The normalized spacial score (nSPS) is 17.2. The van der Waals surface area contributed by atoms with Crippen LogP contribution in [-0.4, -0.2) is 48.1 Å². The number of unbranched alkanes of at least 4 members (excludes halogenated alkanes) is 1. The summed E-state index contributed by atoms with van der Waals surface area (Å²) < 4.78 is 14.0. The zero-order valence-corrected chi connectivity index (χ0v) is 17.4. The molecule has 1 saturated heterocycles. The van der Waals surface area contributed by atoms with Gasteiger partial charge in [0.25, 0.3) is 0 Å². The molecule has 1 atom stereocenters. The minimum atomic E-state index is -0.265. The second kappa shape index (κ2) is 10.4. The summed E-state index contributed by atoms with van der Waals surface area (Å²) in [5.41, 5.74) is 1.10. The van der Waals surface area contributed by atoms with Gasteiger partial charge in [-0.1, -0.05) is 0 Å². The van der Waals surface area contributed by atoms with Crippen molar-refractivity contribution in [1.82, 2.24) is 20.6 Å². The number of anilines is 1. The summed E-state index contributed by atoms with van der Waals surface area (Å²) in [6, 6.07) is 3.32. The van der Waals surface area contributed by atoms with Crippen LogP contribution in [0, 0.1) is 12.7 Å². The first kappa shape index (κ1) is 20.5. The number of hydrogen-bond acceptors (Lipinski definition) is 5. The summed E-state index contributed by atoms with van der Waals surface area (Å²) in [5, 5.41) is 10.1. The molecule has 6 nitrogen and oxygen atoms in total. The summed E-state index contributed by atoms with van der Waals surface area (Å²) in [4.78, 5) is 15.4. The van der Waals surface area contributed by atoms with Crippen LogP contribution in [0.5, 0.6) is 0 Å². The average molecular weight is 405 g/mol. The number of hydrogen-bond donors (Lipinski definition) is 2. The van der Waals surface area contributed by atoms with Gasteiger partial charge in [-0.15, -0.1) is 11.3 Å². The Bertz CT molecular complexity index is 778. The molecule has 0 radical (unpaired) electrons. The first-order chi connectivity index (χ1) is 13.7. The quantitative estimate of drug-likeness (QED) is 0.402. The van der Waals surface area contributed by atoms with Crippen molar-refractivity contribution in [1.29, 1.82) is 0 Å². The number of nitrogens with zero attached hydrogens (tertiary/aromatic N) is 4. The number of aliphatic imine (C=N–C) groups is 1. The average Bonchev–Trinajstić information content (AvgIpc) is 3.31. The molecule has 1 unspecified atom stereocenters. The molecule has 0 aliphatic carbocycles. The van der Waals surface area contributed by atoms with E-state index in [9.17, 15) is 4.39 Å². The Balaban J connectivity index is 1.44. The first-order valence-electron chi connectivity index (χ1n) is 9.97. The lowest BCUT2D eigenvalue weighted by Crippen LogP contribution is -2.44. The molecule has 152 valence electrons. The second-order valence-corrected chi connectivity index (χ2v) is 7.93. The molecule has 3 heterocycles. The highest BCUT2D eigenvalue weighted by Gasteiger charge is 2.25. The van der Waals surface area contributed by atoms with Crippen LogP contribution >= 0.6 is 11.3 Å². The number of aromatic nitrogens is 2. The van der Waals surface area contributed by atoms with E-state index in [1.807, 2.05) is 11.8 Å². The van der Waals surface area contributed by atoms with E-state index in [0.717, 1.165) is 63.5 Å². The molecule has 1 aliphatic heterocycles. The Morgan fingerprint density at radius 2 is 2.32 bits per heavy atom. The smallest absolute Gasteiger partial charge is 0.191 e. The predicted octanol–water partition coefficient (Wildman–Crippen LogP) is 3.14. The molecule has 0 bridgehead atoms. The van der Waals surface area contributed by atoms with Gasteiger partial charge in [-0.05, 0) is 51.7 Å². The zero-order chi connectivity index (χ0) is 19.8. The molecule has 0 spiro atoms. The highest BCUT2D eigenvalue weighted by atomic mass is 32.1. The van der Waals surface area contributed by atoms with Crippen molar-refractivity contribution in [3.8, 4) is 0 Å². The van der Waals surface area contributed by atoms with Gasteiger partial charge in [0.15, 0.2) is 17.6 Å². The molecule has 3 rings (SSSR count). The maximum atomic E-state index is 14.0. The van der Waals surface area contributed by atoms with Gasteiger partial charge < -0.3 is 15.5 Å². The third-order valence-electron chi connectivity index (χ3n) is 4.65. The maximum absolute atomic E-state index is 14.0. The van der Waals surface area contributed by atoms with Crippen molar-refractivity contribution in [3.63, 3.8) is 0 Å². The Morgan fingerprint density at radius 1 is 1.43 bits per heavy atom. The summed E-state index contributed by atoms with van der Waals surface area (Å²) in [6.07, 6.45) is 5.71. The number of thiazole rings is 1. The monoisotopic (exact) mass is 404 g/mol. The van der Waals surface area contributed by atoms with E-state index < -0.39 is 0 Å². The standard InChI is InChI=1S/C20H29FN6S/c1-3-22-20(24-10-5-4-8-18-25-15(2)14-28-18)26-16-9-12-27(13-16)19-17(21)7-6-11-23-19/h6-7,11,14,16H,3-5,8-10,12-13H2,1-2H3,(H2,22,24,26). The van der Waals surface area contributed by atoms with Crippen LogP contribution in [0.2, 0.25) is 0 Å². The maximum Gasteiger partial charge on any atom is 0.191 e. The molecule has 0 aromatic carbocycles. The van der Waals surface area contributed by atoms with Gasteiger partial charge in [-0.2, -0.15) is 0 Å². The van der Waals surface area contributed by atoms with Crippen molar-refractivity contribution >= 4 is 23.1 Å². The molecule has 2 aromatic heterocycles. The van der Waals surface area contributed by atoms with Crippen LogP contribution in [-0.2, 0) is 6.42 Å². The van der Waals surface area contributed by atoms with Gasteiger partial charge in [-0.25, -0.2) is 14.4 Å². The third kappa shape index (κ3) is 5.89. The summed E-state index contributed by atoms with van der Waals surface area (Å²) in [5.74, 6) is 1.01. The molecular formula is C20H29FN6S. The van der Waals surface area contributed by atoms with E-state index in [4.69, 9.17) is 4.99 Å². The molecule has 2 N–H and O–H groups in total. The van der Waals surface area contributed by atoms with Crippen molar-refractivity contribution < 1.29 is 4.39 Å². The Labute approximate surface area is 170 Å². The van der Waals surface area contributed by atoms with Gasteiger partial charge in [0.1, 0.15) is 0 Å².